The first-order valence-corrected chi connectivity index (χ1v) is 27.4. The number of hydrogen-bond donors (Lipinski definition) is 13. The SMILES string of the molecule is C[C@H]1O[C@@H](O[C@H]2CC[C@]3(C)C4=CC=C5[C@@H]6CC(C)(C)CC[C@]6(CO)CC[C@@]5(C)[C@]4(C)CC[C@H]3[C@]2(C)CO)[C@H](O[C@@H]2O[C@H](CO)[C@@H](O)[C@H](O)[C@H]2O)[C@@H](O[C@@H]2O[C@H](CO)[C@@H](O[C@H]3O[C@H](C)[C@@H](O)[C@H](O)[C@@H]3O)[C@H](O)[C@H]2O)[C@H]1O. The zero-order valence-electron chi connectivity index (χ0n) is 44.7. The largest absolute Gasteiger partial charge is 0.396 e. The number of allylic oxidation sites excluding steroid dienone is 4. The molecule has 75 heavy (non-hydrogen) atoms. The topological polar surface area (TPSA) is 337 Å². The number of rotatable bonds is 12. The molecule has 0 radical (unpaired) electrons. The zero-order valence-corrected chi connectivity index (χ0v) is 44.7. The summed E-state index contributed by atoms with van der Waals surface area (Å²) < 4.78 is 49.3. The standard InChI is InChI=1S/C54H88O21/c1-24-33(59)36(62)39(65)45(68-24)73-42-29(21-56)71-47(41(67)38(42)64)74-43-34(60)25(2)69-48(44(43)75-46-40(66)37(63)35(61)28(20-55)70-46)72-32-12-13-50(5)30(51(32,6)22-57)11-14-53(8)31(50)10-9-26-27-19-49(3,4)15-17-54(27,23-58)18-16-52(26,53)7/h9-10,24-25,27-30,32-48,55-67H,11-23H2,1-8H3/t24-,25-,27+,28-,29-,30-,32+,33-,34+,35-,36+,37+,38-,39+,40-,41-,42-,43+,44-,45-,46+,47+,48+,50+,51+,52-,53-,54-/m1/s1. The third-order valence-corrected chi connectivity index (χ3v) is 21.0. The number of hydrogen-bond acceptors (Lipinski definition) is 21. The molecule has 9 rings (SSSR count). The molecular formula is C54H88O21. The van der Waals surface area contributed by atoms with Gasteiger partial charge in [0.1, 0.15) is 85.5 Å². The molecule has 0 aromatic rings. The van der Waals surface area contributed by atoms with Gasteiger partial charge in [0, 0.05) is 17.4 Å². The van der Waals surface area contributed by atoms with Crippen molar-refractivity contribution in [2.75, 3.05) is 26.4 Å². The maximum Gasteiger partial charge on any atom is 0.187 e. The van der Waals surface area contributed by atoms with Gasteiger partial charge in [-0.2, -0.15) is 0 Å². The van der Waals surface area contributed by atoms with Gasteiger partial charge >= 0.3 is 0 Å². The Morgan fingerprint density at radius 1 is 0.493 bits per heavy atom. The average Bonchev–Trinajstić information content (AvgIpc) is 3.44. The quantitative estimate of drug-likeness (QED) is 0.108. The maximum atomic E-state index is 11.9. The molecule has 4 heterocycles. The molecule has 21 nitrogen and oxygen atoms in total. The first-order chi connectivity index (χ1) is 35.2. The normalized spacial score (nSPS) is 54.9. The number of ether oxygens (including phenoxy) is 8. The van der Waals surface area contributed by atoms with Crippen molar-refractivity contribution in [1.82, 2.24) is 0 Å². The predicted octanol–water partition coefficient (Wildman–Crippen LogP) is -0.614. The Bertz CT molecular complexity index is 2070. The van der Waals surface area contributed by atoms with Crippen LogP contribution < -0.4 is 0 Å². The number of fused-ring (bicyclic) bond motifs is 7. The van der Waals surface area contributed by atoms with Gasteiger partial charge in [-0.3, -0.25) is 0 Å². The lowest BCUT2D eigenvalue weighted by Gasteiger charge is -2.69. The average molecular weight is 1070 g/mol. The lowest BCUT2D eigenvalue weighted by atomic mass is 9.36. The number of aliphatic hydroxyl groups excluding tert-OH is 13. The van der Waals surface area contributed by atoms with Crippen molar-refractivity contribution >= 4 is 0 Å². The van der Waals surface area contributed by atoms with E-state index in [0.29, 0.717) is 12.8 Å². The fourth-order valence-electron chi connectivity index (χ4n) is 15.8. The van der Waals surface area contributed by atoms with E-state index >= 15 is 0 Å². The van der Waals surface area contributed by atoms with Crippen LogP contribution in [0.4, 0.5) is 0 Å². The van der Waals surface area contributed by atoms with Gasteiger partial charge in [-0.05, 0) is 105 Å². The summed E-state index contributed by atoms with van der Waals surface area (Å²) in [4.78, 5) is 0. The monoisotopic (exact) mass is 1070 g/mol. The molecule has 4 saturated heterocycles. The molecule has 0 aromatic carbocycles. The van der Waals surface area contributed by atoms with Crippen LogP contribution >= 0.6 is 0 Å². The van der Waals surface area contributed by atoms with Crippen molar-refractivity contribution in [2.45, 2.75) is 242 Å². The van der Waals surface area contributed by atoms with Crippen molar-refractivity contribution in [2.24, 2.45) is 44.3 Å². The van der Waals surface area contributed by atoms with E-state index in [0.717, 1.165) is 44.9 Å². The van der Waals surface area contributed by atoms with Crippen LogP contribution in [-0.4, -0.2) is 222 Å². The third-order valence-electron chi connectivity index (χ3n) is 21.0. The van der Waals surface area contributed by atoms with E-state index in [-0.39, 0.29) is 52.1 Å². The molecule has 8 fully saturated rings. The molecule has 9 aliphatic rings. The lowest BCUT2D eigenvalue weighted by Crippen LogP contribution is -2.68. The fraction of sp³-hybridized carbons (Fsp3) is 0.926. The van der Waals surface area contributed by atoms with Crippen LogP contribution in [0.5, 0.6) is 0 Å². The van der Waals surface area contributed by atoms with Crippen LogP contribution in [0, 0.1) is 44.3 Å². The van der Waals surface area contributed by atoms with Gasteiger partial charge < -0.3 is 104 Å². The Kier molecular flexibility index (Phi) is 16.5. The summed E-state index contributed by atoms with van der Waals surface area (Å²) in [6, 6.07) is 0. The molecule has 28 atom stereocenters. The van der Waals surface area contributed by atoms with Crippen molar-refractivity contribution < 1.29 is 104 Å². The lowest BCUT2D eigenvalue weighted by molar-refractivity contribution is -0.402. The van der Waals surface area contributed by atoms with Gasteiger partial charge in [0.05, 0.1) is 38.1 Å². The Balaban J connectivity index is 1.01. The van der Waals surface area contributed by atoms with Gasteiger partial charge in [-0.25, -0.2) is 0 Å². The summed E-state index contributed by atoms with van der Waals surface area (Å²) in [6.45, 7) is 15.1. The molecule has 4 saturated carbocycles. The van der Waals surface area contributed by atoms with E-state index in [1.807, 2.05) is 6.92 Å². The van der Waals surface area contributed by atoms with Gasteiger partial charge in [0.2, 0.25) is 0 Å². The molecule has 0 unspecified atom stereocenters. The minimum atomic E-state index is -2.00. The van der Waals surface area contributed by atoms with Gasteiger partial charge in [0.15, 0.2) is 25.2 Å². The van der Waals surface area contributed by atoms with E-state index in [1.54, 1.807) is 0 Å². The highest BCUT2D eigenvalue weighted by Crippen LogP contribution is 2.75. The second-order valence-corrected chi connectivity index (χ2v) is 25.7. The fourth-order valence-corrected chi connectivity index (χ4v) is 15.8. The zero-order chi connectivity index (χ0) is 54.7. The van der Waals surface area contributed by atoms with Gasteiger partial charge in [0.25, 0.3) is 0 Å². The van der Waals surface area contributed by atoms with Crippen molar-refractivity contribution in [3.63, 3.8) is 0 Å². The molecule has 4 aliphatic heterocycles. The highest BCUT2D eigenvalue weighted by Gasteiger charge is 2.68. The van der Waals surface area contributed by atoms with E-state index in [4.69, 9.17) is 37.9 Å². The van der Waals surface area contributed by atoms with Crippen LogP contribution in [-0.2, 0) is 37.9 Å². The first kappa shape index (κ1) is 58.3. The number of aliphatic hydroxyl groups is 13. The summed E-state index contributed by atoms with van der Waals surface area (Å²) in [5, 5.41) is 143. The molecule has 13 N–H and O–H groups in total. The summed E-state index contributed by atoms with van der Waals surface area (Å²) in [7, 11) is 0. The predicted molar refractivity (Wildman–Crippen MR) is 261 cm³/mol. The van der Waals surface area contributed by atoms with Crippen LogP contribution in [0.15, 0.2) is 23.3 Å². The van der Waals surface area contributed by atoms with Crippen LogP contribution in [0.25, 0.3) is 0 Å². The van der Waals surface area contributed by atoms with E-state index < -0.39 is 148 Å². The maximum absolute atomic E-state index is 11.9. The van der Waals surface area contributed by atoms with Crippen LogP contribution in [0.1, 0.15) is 113 Å². The van der Waals surface area contributed by atoms with E-state index in [1.165, 1.54) is 25.0 Å². The van der Waals surface area contributed by atoms with Crippen molar-refractivity contribution in [3.05, 3.63) is 23.3 Å². The Morgan fingerprint density at radius 2 is 1.05 bits per heavy atom. The van der Waals surface area contributed by atoms with Crippen LogP contribution in [0.2, 0.25) is 0 Å². The minimum Gasteiger partial charge on any atom is -0.396 e. The van der Waals surface area contributed by atoms with E-state index in [2.05, 4.69) is 46.8 Å². The summed E-state index contributed by atoms with van der Waals surface area (Å²) in [5.41, 5.74) is 1.15. The molecule has 5 aliphatic carbocycles. The second kappa shape index (κ2) is 21.2. The van der Waals surface area contributed by atoms with Gasteiger partial charge in [-0.1, -0.05) is 64.8 Å². The van der Waals surface area contributed by atoms with Crippen molar-refractivity contribution in [3.8, 4) is 0 Å². The van der Waals surface area contributed by atoms with Gasteiger partial charge in [-0.15, -0.1) is 0 Å². The minimum absolute atomic E-state index is 0.113. The molecule has 0 bridgehead atoms. The summed E-state index contributed by atoms with van der Waals surface area (Å²) in [6.07, 6.45) is -21.2. The molecule has 430 valence electrons. The summed E-state index contributed by atoms with van der Waals surface area (Å²) >= 11 is 0. The molecule has 21 heteroatoms. The smallest absolute Gasteiger partial charge is 0.187 e. The molecular weight excluding hydrogens is 985 g/mol. The molecule has 0 amide bonds. The molecule has 0 aromatic heterocycles. The highest BCUT2D eigenvalue weighted by molar-refractivity contribution is 5.46. The Labute approximate surface area is 439 Å². The molecule has 0 spiro atoms. The van der Waals surface area contributed by atoms with Crippen molar-refractivity contribution in [1.29, 1.82) is 0 Å². The van der Waals surface area contributed by atoms with E-state index in [9.17, 15) is 66.4 Å². The first-order valence-electron chi connectivity index (χ1n) is 27.4. The Morgan fingerprint density at radius 3 is 1.69 bits per heavy atom. The van der Waals surface area contributed by atoms with Crippen LogP contribution in [0.3, 0.4) is 0 Å². The second-order valence-electron chi connectivity index (χ2n) is 25.7. The highest BCUT2D eigenvalue weighted by atomic mass is 16.8. The summed E-state index contributed by atoms with van der Waals surface area (Å²) in [5.74, 6) is 0.158. The Hall–Kier alpha value is -1.36. The third kappa shape index (κ3) is 9.47.